The highest BCUT2D eigenvalue weighted by Crippen LogP contribution is 2.34. The maximum Gasteiger partial charge on any atom is 0.415 e. The summed E-state index contributed by atoms with van der Waals surface area (Å²) in [6.07, 6.45) is 3.57. The van der Waals surface area contributed by atoms with Crippen LogP contribution in [-0.2, 0) is 9.53 Å². The molecule has 2 atom stereocenters. The number of nitrogens with two attached hydrogens (primary N) is 1. The first-order valence-electron chi connectivity index (χ1n) is 13.4. The molecule has 2 aromatic carbocycles. The van der Waals surface area contributed by atoms with Gasteiger partial charge in [0.15, 0.2) is 5.76 Å². The van der Waals surface area contributed by atoms with Gasteiger partial charge in [0.2, 0.25) is 5.91 Å². The van der Waals surface area contributed by atoms with Crippen LogP contribution in [-0.4, -0.2) is 79.3 Å². The fraction of sp³-hybridized carbons (Fsp3) is 0.367. The second kappa shape index (κ2) is 13.5. The molecule has 0 spiro atoms. The minimum atomic E-state index is -0.580. The van der Waals surface area contributed by atoms with Gasteiger partial charge in [0.25, 0.3) is 0 Å². The van der Waals surface area contributed by atoms with Crippen molar-refractivity contribution in [2.75, 3.05) is 40.3 Å². The highest BCUT2D eigenvalue weighted by molar-refractivity contribution is 6.30. The van der Waals surface area contributed by atoms with Crippen LogP contribution in [0.15, 0.2) is 77.9 Å². The number of hydrogen-bond donors (Lipinski definition) is 1. The van der Waals surface area contributed by atoms with Gasteiger partial charge < -0.3 is 29.9 Å². The Labute approximate surface area is 244 Å². The number of rotatable bonds is 8. The smallest absolute Gasteiger partial charge is 0.415 e. The van der Waals surface area contributed by atoms with Gasteiger partial charge in [0.05, 0.1) is 19.4 Å². The van der Waals surface area contributed by atoms with E-state index in [4.69, 9.17) is 26.8 Å². The third-order valence-electron chi connectivity index (χ3n) is 7.65. The van der Waals surface area contributed by atoms with E-state index in [1.165, 1.54) is 48.7 Å². The Morgan fingerprint density at radius 3 is 2.37 bits per heavy atom. The number of allylic oxidation sites excluding steroid dienone is 1. The largest absolute Gasteiger partial charge is 0.494 e. The van der Waals surface area contributed by atoms with E-state index in [2.05, 4.69) is 11.6 Å². The Morgan fingerprint density at radius 1 is 1.10 bits per heavy atom. The molecule has 4 rings (SSSR count). The first-order chi connectivity index (χ1) is 19.7. The van der Waals surface area contributed by atoms with E-state index in [9.17, 15) is 14.0 Å². The number of likely N-dealkylation sites (tertiary alicyclic amines) is 2. The van der Waals surface area contributed by atoms with Crippen LogP contribution < -0.4 is 10.5 Å². The Morgan fingerprint density at radius 2 is 1.76 bits per heavy atom. The SMILES string of the molecule is C=C(N=C/C(=C\N)OC)N1CCC(C(=O)N2C[C@@H](N(C)C(=O)Oc3ccc(F)cc3)[C@H](c3ccc(Cl)cc3)C2)CC1. The molecule has 41 heavy (non-hydrogen) atoms. The molecule has 2 amide bonds. The Hall–Kier alpha value is -4.05. The van der Waals surface area contributed by atoms with E-state index in [-0.39, 0.29) is 29.5 Å². The van der Waals surface area contributed by atoms with Crippen LogP contribution in [0.3, 0.4) is 0 Å². The van der Waals surface area contributed by atoms with Gasteiger partial charge in [-0.15, -0.1) is 0 Å². The fourth-order valence-electron chi connectivity index (χ4n) is 5.23. The summed E-state index contributed by atoms with van der Waals surface area (Å²) >= 11 is 6.12. The van der Waals surface area contributed by atoms with Crippen molar-refractivity contribution < 1.29 is 23.5 Å². The van der Waals surface area contributed by atoms with Crippen molar-refractivity contribution in [3.05, 3.63) is 89.3 Å². The average Bonchev–Trinajstić information content (AvgIpc) is 3.44. The highest BCUT2D eigenvalue weighted by Gasteiger charge is 2.42. The number of nitrogens with zero attached hydrogens (tertiary/aromatic N) is 4. The zero-order valence-electron chi connectivity index (χ0n) is 23.2. The van der Waals surface area contributed by atoms with Gasteiger partial charge in [-0.05, 0) is 54.8 Å². The predicted octanol–water partition coefficient (Wildman–Crippen LogP) is 4.60. The number of ether oxygens (including phenoxy) is 2. The minimum absolute atomic E-state index is 0.0632. The number of benzene rings is 2. The molecule has 0 aromatic heterocycles. The predicted molar refractivity (Wildman–Crippen MR) is 156 cm³/mol. The molecular formula is C30H35ClFN5O4. The van der Waals surface area contributed by atoms with Crippen LogP contribution in [0.1, 0.15) is 24.3 Å². The van der Waals surface area contributed by atoms with Gasteiger partial charge >= 0.3 is 6.09 Å². The molecule has 2 N–H and O–H groups in total. The summed E-state index contributed by atoms with van der Waals surface area (Å²) in [5.41, 5.74) is 6.46. The summed E-state index contributed by atoms with van der Waals surface area (Å²) in [6.45, 7) is 6.14. The van der Waals surface area contributed by atoms with Crippen LogP contribution in [0.4, 0.5) is 9.18 Å². The lowest BCUT2D eigenvalue weighted by Crippen LogP contribution is -2.45. The number of likely N-dealkylation sites (N-methyl/N-ethyl adjacent to an activating group) is 1. The van der Waals surface area contributed by atoms with Gasteiger partial charge in [0, 0.05) is 56.3 Å². The minimum Gasteiger partial charge on any atom is -0.494 e. The number of halogens is 2. The third-order valence-corrected chi connectivity index (χ3v) is 7.91. The van der Waals surface area contributed by atoms with Crippen LogP contribution in [0.5, 0.6) is 5.75 Å². The van der Waals surface area contributed by atoms with Crippen LogP contribution in [0, 0.1) is 11.7 Å². The quantitative estimate of drug-likeness (QED) is 0.360. The zero-order valence-corrected chi connectivity index (χ0v) is 24.0. The van der Waals surface area contributed by atoms with Crippen LogP contribution in [0.25, 0.3) is 0 Å². The molecule has 2 aliphatic rings. The molecule has 2 aromatic rings. The van der Waals surface area contributed by atoms with E-state index in [0.717, 1.165) is 5.56 Å². The lowest BCUT2D eigenvalue weighted by molar-refractivity contribution is -0.136. The topological polar surface area (TPSA) is 101 Å². The molecular weight excluding hydrogens is 549 g/mol. The number of amides is 2. The first-order valence-corrected chi connectivity index (χ1v) is 13.8. The molecule has 2 heterocycles. The second-order valence-electron chi connectivity index (χ2n) is 10.1. The van der Waals surface area contributed by atoms with Crippen LogP contribution >= 0.6 is 11.6 Å². The van der Waals surface area contributed by atoms with E-state index in [1.54, 1.807) is 19.2 Å². The molecule has 218 valence electrons. The molecule has 2 saturated heterocycles. The third kappa shape index (κ3) is 7.38. The Bertz CT molecular complexity index is 1290. The number of methoxy groups -OCH3 is 1. The van der Waals surface area contributed by atoms with Gasteiger partial charge in [-0.1, -0.05) is 30.3 Å². The monoisotopic (exact) mass is 583 g/mol. The second-order valence-corrected chi connectivity index (χ2v) is 10.5. The van der Waals surface area contributed by atoms with Crippen molar-refractivity contribution >= 4 is 29.8 Å². The van der Waals surface area contributed by atoms with E-state index >= 15 is 0 Å². The van der Waals surface area contributed by atoms with Gasteiger partial charge in [-0.3, -0.25) is 4.79 Å². The maximum atomic E-state index is 13.7. The van der Waals surface area contributed by atoms with Crippen molar-refractivity contribution in [1.82, 2.24) is 14.7 Å². The van der Waals surface area contributed by atoms with E-state index in [1.807, 2.05) is 21.9 Å². The zero-order chi connectivity index (χ0) is 29.5. The number of aliphatic imine (C=N–C) groups is 1. The number of carbonyl (C=O) groups is 2. The molecule has 0 unspecified atom stereocenters. The first kappa shape index (κ1) is 29.9. The number of hydrogen-bond acceptors (Lipinski definition) is 7. The highest BCUT2D eigenvalue weighted by atomic mass is 35.5. The van der Waals surface area contributed by atoms with E-state index in [0.29, 0.717) is 55.6 Å². The van der Waals surface area contributed by atoms with E-state index < -0.39 is 11.9 Å². The average molecular weight is 584 g/mol. The Balaban J connectivity index is 1.43. The lowest BCUT2D eigenvalue weighted by Gasteiger charge is -2.34. The number of piperidine rings is 1. The van der Waals surface area contributed by atoms with Gasteiger partial charge in [-0.2, -0.15) is 0 Å². The van der Waals surface area contributed by atoms with Crippen molar-refractivity contribution in [2.45, 2.75) is 24.8 Å². The van der Waals surface area contributed by atoms with Crippen LogP contribution in [0.2, 0.25) is 5.02 Å². The molecule has 2 aliphatic heterocycles. The summed E-state index contributed by atoms with van der Waals surface area (Å²) < 4.78 is 23.9. The number of carbonyl (C=O) groups excluding carboxylic acids is 2. The van der Waals surface area contributed by atoms with Gasteiger partial charge in [-0.25, -0.2) is 14.2 Å². The molecule has 2 fully saturated rings. The van der Waals surface area contributed by atoms with Crippen molar-refractivity contribution in [3.63, 3.8) is 0 Å². The molecule has 11 heteroatoms. The van der Waals surface area contributed by atoms with Crippen molar-refractivity contribution in [2.24, 2.45) is 16.6 Å². The normalized spacial score (nSPS) is 19.9. The standard InChI is InChI=1S/C30H35ClFN5O4/c1-20(34-17-26(16-33)40-3)36-14-12-22(13-15-36)29(38)37-18-27(21-4-6-23(31)7-5-21)28(19-37)35(2)30(39)41-25-10-8-24(32)9-11-25/h4-11,16-17,22,27-28H,1,12-15,18-19,33H2,2-3H3/b26-16+,34-17?/t27-,28+/m0/s1. The molecule has 9 nitrogen and oxygen atoms in total. The lowest BCUT2D eigenvalue weighted by atomic mass is 9.93. The molecule has 0 bridgehead atoms. The maximum absolute atomic E-state index is 13.7. The molecule has 0 saturated carbocycles. The Kier molecular flexibility index (Phi) is 9.88. The molecule has 0 radical (unpaired) electrons. The summed E-state index contributed by atoms with van der Waals surface area (Å²) in [5.74, 6) is 0.613. The fourth-order valence-corrected chi connectivity index (χ4v) is 5.36. The molecule has 0 aliphatic carbocycles. The summed E-state index contributed by atoms with van der Waals surface area (Å²) in [5, 5.41) is 0.607. The van der Waals surface area contributed by atoms with Gasteiger partial charge in [0.1, 0.15) is 17.4 Å². The summed E-state index contributed by atoms with van der Waals surface area (Å²) in [6, 6.07) is 12.4. The summed E-state index contributed by atoms with van der Waals surface area (Å²) in [4.78, 5) is 36.5. The van der Waals surface area contributed by atoms with Crippen molar-refractivity contribution in [1.29, 1.82) is 0 Å². The van der Waals surface area contributed by atoms with Crippen molar-refractivity contribution in [3.8, 4) is 5.75 Å². The summed E-state index contributed by atoms with van der Waals surface area (Å²) in [7, 11) is 3.17.